The molecule has 8 heteroatoms. The van der Waals surface area contributed by atoms with Gasteiger partial charge in [-0.2, -0.15) is 0 Å². The molecule has 94 valence electrons. The van der Waals surface area contributed by atoms with Gasteiger partial charge >= 0.3 is 18.0 Å². The molecule has 0 spiro atoms. The summed E-state index contributed by atoms with van der Waals surface area (Å²) in [4.78, 5) is 34.4. The number of fused-ring (bicyclic) bond motifs is 1. The standard InChI is InChI=1S/C9H14N4O4/c14-5(15)3-1-2-4-13-7-6(11-9(13)17)10-8(16)12-7/h6-7H,1-4H2,(H,11,17)(H,14,15)(H2,10,12,16)/t6-,7+/m0/s1. The van der Waals surface area contributed by atoms with E-state index in [9.17, 15) is 14.4 Å². The van der Waals surface area contributed by atoms with E-state index in [0.717, 1.165) is 0 Å². The van der Waals surface area contributed by atoms with Gasteiger partial charge in [0.15, 0.2) is 0 Å². The smallest absolute Gasteiger partial charge is 0.320 e. The molecule has 4 amide bonds. The lowest BCUT2D eigenvalue weighted by Crippen LogP contribution is -2.43. The molecule has 2 rings (SSSR count). The number of carbonyl (C=O) groups is 3. The van der Waals surface area contributed by atoms with Crippen LogP contribution in [0.3, 0.4) is 0 Å². The van der Waals surface area contributed by atoms with Crippen molar-refractivity contribution in [3.63, 3.8) is 0 Å². The molecule has 0 saturated carbocycles. The molecule has 2 saturated heterocycles. The number of amides is 4. The second-order valence-electron chi connectivity index (χ2n) is 4.03. The number of unbranched alkanes of at least 4 members (excludes halogenated alkanes) is 1. The van der Waals surface area contributed by atoms with Gasteiger partial charge in [-0.3, -0.25) is 4.79 Å². The van der Waals surface area contributed by atoms with Crippen molar-refractivity contribution in [3.05, 3.63) is 0 Å². The number of nitrogens with one attached hydrogen (secondary N) is 3. The molecule has 2 atom stereocenters. The summed E-state index contributed by atoms with van der Waals surface area (Å²) in [6.45, 7) is 0.433. The van der Waals surface area contributed by atoms with E-state index >= 15 is 0 Å². The van der Waals surface area contributed by atoms with Crippen LogP contribution in [0.5, 0.6) is 0 Å². The average molecular weight is 242 g/mol. The van der Waals surface area contributed by atoms with Crippen molar-refractivity contribution >= 4 is 18.0 Å². The van der Waals surface area contributed by atoms with E-state index in [1.165, 1.54) is 4.90 Å². The number of urea groups is 2. The fraction of sp³-hybridized carbons (Fsp3) is 0.667. The molecule has 0 radical (unpaired) electrons. The van der Waals surface area contributed by atoms with E-state index in [4.69, 9.17) is 5.11 Å². The number of carbonyl (C=O) groups excluding carboxylic acids is 2. The highest BCUT2D eigenvalue weighted by Crippen LogP contribution is 2.14. The maximum atomic E-state index is 11.5. The number of rotatable bonds is 5. The summed E-state index contributed by atoms with van der Waals surface area (Å²) < 4.78 is 0. The average Bonchev–Trinajstić information content (AvgIpc) is 2.69. The van der Waals surface area contributed by atoms with Gasteiger partial charge in [-0.05, 0) is 12.8 Å². The van der Waals surface area contributed by atoms with Crippen LogP contribution in [-0.4, -0.2) is 46.9 Å². The summed E-state index contributed by atoms with van der Waals surface area (Å²) in [5.41, 5.74) is 0. The first kappa shape index (κ1) is 11.5. The lowest BCUT2D eigenvalue weighted by molar-refractivity contribution is -0.137. The highest BCUT2D eigenvalue weighted by Gasteiger charge is 2.44. The first-order valence-corrected chi connectivity index (χ1v) is 5.44. The molecule has 0 aromatic carbocycles. The molecular weight excluding hydrogens is 228 g/mol. The minimum absolute atomic E-state index is 0.0914. The van der Waals surface area contributed by atoms with Crippen LogP contribution in [0.2, 0.25) is 0 Å². The molecular formula is C9H14N4O4. The van der Waals surface area contributed by atoms with Gasteiger partial charge < -0.3 is 26.0 Å². The van der Waals surface area contributed by atoms with Crippen molar-refractivity contribution in [2.45, 2.75) is 31.6 Å². The van der Waals surface area contributed by atoms with Crippen LogP contribution in [0, 0.1) is 0 Å². The number of hydrogen-bond acceptors (Lipinski definition) is 3. The Balaban J connectivity index is 1.81. The Morgan fingerprint density at radius 3 is 2.71 bits per heavy atom. The Morgan fingerprint density at radius 1 is 1.24 bits per heavy atom. The minimum Gasteiger partial charge on any atom is -0.481 e. The normalized spacial score (nSPS) is 26.2. The van der Waals surface area contributed by atoms with Crippen molar-refractivity contribution in [2.24, 2.45) is 0 Å². The van der Waals surface area contributed by atoms with Crippen LogP contribution >= 0.6 is 0 Å². The van der Waals surface area contributed by atoms with E-state index in [2.05, 4.69) is 16.0 Å². The zero-order valence-electron chi connectivity index (χ0n) is 9.10. The first-order valence-electron chi connectivity index (χ1n) is 5.44. The Morgan fingerprint density at radius 2 is 2.00 bits per heavy atom. The molecule has 0 unspecified atom stereocenters. The van der Waals surface area contributed by atoms with Crippen molar-refractivity contribution < 1.29 is 19.5 Å². The first-order chi connectivity index (χ1) is 8.08. The minimum atomic E-state index is -0.843. The van der Waals surface area contributed by atoms with Crippen LogP contribution in [0.1, 0.15) is 19.3 Å². The van der Waals surface area contributed by atoms with Gasteiger partial charge in [0.05, 0.1) is 0 Å². The van der Waals surface area contributed by atoms with E-state index in [0.29, 0.717) is 19.4 Å². The number of nitrogens with zero attached hydrogens (tertiary/aromatic N) is 1. The molecule has 0 aromatic rings. The van der Waals surface area contributed by atoms with Crippen molar-refractivity contribution in [1.82, 2.24) is 20.9 Å². The summed E-state index contributed by atoms with van der Waals surface area (Å²) in [6, 6.07) is -0.557. The monoisotopic (exact) mass is 242 g/mol. The third kappa shape index (κ3) is 2.40. The molecule has 2 fully saturated rings. The second kappa shape index (κ2) is 4.48. The molecule has 2 heterocycles. The largest absolute Gasteiger partial charge is 0.481 e. The summed E-state index contributed by atoms with van der Waals surface area (Å²) in [5.74, 6) is -0.843. The van der Waals surface area contributed by atoms with Crippen LogP contribution in [0.15, 0.2) is 0 Å². The molecule has 17 heavy (non-hydrogen) atoms. The Kier molecular flexibility index (Phi) is 3.03. The number of carboxylic acid groups (broad SMARTS) is 1. The van der Waals surface area contributed by atoms with Crippen LogP contribution in [0.25, 0.3) is 0 Å². The van der Waals surface area contributed by atoms with E-state index < -0.39 is 12.1 Å². The third-order valence-electron chi connectivity index (χ3n) is 2.80. The quantitative estimate of drug-likeness (QED) is 0.474. The van der Waals surface area contributed by atoms with Crippen LogP contribution in [-0.2, 0) is 4.79 Å². The highest BCUT2D eigenvalue weighted by molar-refractivity contribution is 5.84. The van der Waals surface area contributed by atoms with Crippen molar-refractivity contribution in [2.75, 3.05) is 6.54 Å². The molecule has 2 aliphatic heterocycles. The molecule has 0 aliphatic carbocycles. The predicted octanol–water partition coefficient (Wildman–Crippen LogP) is -0.768. The predicted molar refractivity (Wildman–Crippen MR) is 56.0 cm³/mol. The second-order valence-corrected chi connectivity index (χ2v) is 4.03. The molecule has 8 nitrogen and oxygen atoms in total. The maximum absolute atomic E-state index is 11.5. The highest BCUT2D eigenvalue weighted by atomic mass is 16.4. The van der Waals surface area contributed by atoms with E-state index in [1.54, 1.807) is 0 Å². The van der Waals surface area contributed by atoms with E-state index in [1.807, 2.05) is 0 Å². The van der Waals surface area contributed by atoms with Gasteiger partial charge in [0.25, 0.3) is 0 Å². The SMILES string of the molecule is O=C(O)CCCCN1C(=O)N[C@@H]2NC(=O)N[C@@H]21. The van der Waals surface area contributed by atoms with Gasteiger partial charge in [0.2, 0.25) is 0 Å². The molecule has 0 aromatic heterocycles. The van der Waals surface area contributed by atoms with Crippen LogP contribution in [0.4, 0.5) is 9.59 Å². The van der Waals surface area contributed by atoms with E-state index in [-0.39, 0.29) is 24.6 Å². The van der Waals surface area contributed by atoms with Gasteiger partial charge in [-0.25, -0.2) is 9.59 Å². The Labute approximate surface area is 97.3 Å². The lowest BCUT2D eigenvalue weighted by atomic mass is 10.2. The topological polar surface area (TPSA) is 111 Å². The Bertz CT molecular complexity index is 359. The zero-order valence-corrected chi connectivity index (χ0v) is 9.10. The number of aliphatic carboxylic acids is 1. The van der Waals surface area contributed by atoms with Gasteiger partial charge in [0, 0.05) is 13.0 Å². The molecule has 4 N–H and O–H groups in total. The fourth-order valence-corrected chi connectivity index (χ4v) is 1.99. The van der Waals surface area contributed by atoms with Crippen molar-refractivity contribution in [3.8, 4) is 0 Å². The zero-order chi connectivity index (χ0) is 12.4. The maximum Gasteiger partial charge on any atom is 0.320 e. The summed E-state index contributed by atoms with van der Waals surface area (Å²) in [5, 5.41) is 16.3. The van der Waals surface area contributed by atoms with Crippen LogP contribution < -0.4 is 16.0 Å². The molecule has 0 bridgehead atoms. The van der Waals surface area contributed by atoms with Gasteiger partial charge in [-0.15, -0.1) is 0 Å². The summed E-state index contributed by atoms with van der Waals surface area (Å²) >= 11 is 0. The third-order valence-corrected chi connectivity index (χ3v) is 2.80. The lowest BCUT2D eigenvalue weighted by Gasteiger charge is -2.20. The summed E-state index contributed by atoms with van der Waals surface area (Å²) in [6.07, 6.45) is 0.430. The number of hydrogen-bond donors (Lipinski definition) is 4. The Hall–Kier alpha value is -1.99. The van der Waals surface area contributed by atoms with Crippen molar-refractivity contribution in [1.29, 1.82) is 0 Å². The summed E-state index contributed by atoms with van der Waals surface area (Å²) in [7, 11) is 0. The number of carboxylic acids is 1. The molecule has 2 aliphatic rings. The fourth-order valence-electron chi connectivity index (χ4n) is 1.99. The van der Waals surface area contributed by atoms with Gasteiger partial charge in [-0.1, -0.05) is 0 Å². The van der Waals surface area contributed by atoms with Gasteiger partial charge in [0.1, 0.15) is 12.3 Å².